The normalized spacial score (nSPS) is 10.6. The highest BCUT2D eigenvalue weighted by molar-refractivity contribution is 6.44. The van der Waals surface area contributed by atoms with Crippen molar-refractivity contribution in [3.63, 3.8) is 0 Å². The lowest BCUT2D eigenvalue weighted by Gasteiger charge is -2.09. The van der Waals surface area contributed by atoms with Crippen molar-refractivity contribution in [3.8, 4) is 0 Å². The minimum atomic E-state index is -1.27. The van der Waals surface area contributed by atoms with Crippen LogP contribution in [0.5, 0.6) is 0 Å². The standard InChI is InChI=1S/C9H20O2Si/c1-4-5-6-7-8-9-12(10-2)11-3/h4,12H,1,5-9H2,2-3H3. The number of hydrogen-bond acceptors (Lipinski definition) is 2. The molecule has 0 atom stereocenters. The highest BCUT2D eigenvalue weighted by atomic mass is 28.3. The fourth-order valence-corrected chi connectivity index (χ4v) is 2.39. The van der Waals surface area contributed by atoms with E-state index in [4.69, 9.17) is 8.85 Å². The zero-order valence-electron chi connectivity index (χ0n) is 8.21. The van der Waals surface area contributed by atoms with E-state index in [1.54, 1.807) is 14.2 Å². The van der Waals surface area contributed by atoms with Gasteiger partial charge in [0, 0.05) is 14.2 Å². The Morgan fingerprint density at radius 1 is 1.17 bits per heavy atom. The molecule has 0 spiro atoms. The van der Waals surface area contributed by atoms with Crippen molar-refractivity contribution in [2.45, 2.75) is 31.7 Å². The van der Waals surface area contributed by atoms with Gasteiger partial charge in [0.1, 0.15) is 0 Å². The van der Waals surface area contributed by atoms with Gasteiger partial charge in [-0.15, -0.1) is 6.58 Å². The van der Waals surface area contributed by atoms with Gasteiger partial charge in [0.05, 0.1) is 0 Å². The van der Waals surface area contributed by atoms with Gasteiger partial charge >= 0.3 is 9.28 Å². The molecular formula is C9H20O2Si. The Balaban J connectivity index is 3.11. The zero-order chi connectivity index (χ0) is 9.23. The van der Waals surface area contributed by atoms with Gasteiger partial charge < -0.3 is 8.85 Å². The molecule has 0 aliphatic heterocycles. The van der Waals surface area contributed by atoms with Crippen LogP contribution in [0.3, 0.4) is 0 Å². The van der Waals surface area contributed by atoms with E-state index in [-0.39, 0.29) is 0 Å². The Morgan fingerprint density at radius 3 is 2.33 bits per heavy atom. The first-order chi connectivity index (χ1) is 5.85. The lowest BCUT2D eigenvalue weighted by atomic mass is 10.2. The Hall–Kier alpha value is -0.123. The predicted octanol–water partition coefficient (Wildman–Crippen LogP) is 2.25. The van der Waals surface area contributed by atoms with Gasteiger partial charge in [-0.3, -0.25) is 0 Å². The van der Waals surface area contributed by atoms with Crippen LogP contribution in [0.25, 0.3) is 0 Å². The molecular weight excluding hydrogens is 168 g/mol. The van der Waals surface area contributed by atoms with Gasteiger partial charge in [0.25, 0.3) is 0 Å². The van der Waals surface area contributed by atoms with Crippen LogP contribution in [0.15, 0.2) is 12.7 Å². The SMILES string of the molecule is C=CCCCCC[SiH](OC)OC. The van der Waals surface area contributed by atoms with E-state index in [0.717, 1.165) is 12.5 Å². The van der Waals surface area contributed by atoms with Gasteiger partial charge in [0.2, 0.25) is 0 Å². The maximum absolute atomic E-state index is 5.20. The number of hydrogen-bond donors (Lipinski definition) is 0. The Kier molecular flexibility index (Phi) is 8.88. The van der Waals surface area contributed by atoms with E-state index < -0.39 is 9.28 Å². The van der Waals surface area contributed by atoms with Crippen molar-refractivity contribution in [1.82, 2.24) is 0 Å². The van der Waals surface area contributed by atoms with Crippen LogP contribution < -0.4 is 0 Å². The first-order valence-electron chi connectivity index (χ1n) is 4.51. The van der Waals surface area contributed by atoms with Gasteiger partial charge in [-0.05, 0) is 18.9 Å². The van der Waals surface area contributed by atoms with Crippen LogP contribution in [0, 0.1) is 0 Å². The van der Waals surface area contributed by atoms with Crippen LogP contribution >= 0.6 is 0 Å². The van der Waals surface area contributed by atoms with Crippen LogP contribution in [-0.4, -0.2) is 23.5 Å². The second-order valence-electron chi connectivity index (χ2n) is 2.83. The average Bonchev–Trinajstić information content (AvgIpc) is 2.11. The monoisotopic (exact) mass is 188 g/mol. The third-order valence-electron chi connectivity index (χ3n) is 1.87. The van der Waals surface area contributed by atoms with Crippen molar-refractivity contribution < 1.29 is 8.85 Å². The summed E-state index contributed by atoms with van der Waals surface area (Å²) >= 11 is 0. The van der Waals surface area contributed by atoms with E-state index >= 15 is 0 Å². The molecule has 0 heterocycles. The molecule has 72 valence electrons. The summed E-state index contributed by atoms with van der Waals surface area (Å²) in [5, 5.41) is 0. The first-order valence-corrected chi connectivity index (χ1v) is 6.27. The summed E-state index contributed by atoms with van der Waals surface area (Å²) in [6, 6.07) is 1.13. The quantitative estimate of drug-likeness (QED) is 0.330. The molecule has 0 radical (unpaired) electrons. The Bertz CT molecular complexity index is 103. The molecule has 0 aliphatic rings. The topological polar surface area (TPSA) is 18.5 Å². The van der Waals surface area contributed by atoms with Gasteiger partial charge in [-0.25, -0.2) is 0 Å². The summed E-state index contributed by atoms with van der Waals surface area (Å²) in [5.41, 5.74) is 0. The van der Waals surface area contributed by atoms with Crippen molar-refractivity contribution >= 4 is 9.28 Å². The zero-order valence-corrected chi connectivity index (χ0v) is 9.37. The second kappa shape index (κ2) is 8.97. The van der Waals surface area contributed by atoms with Crippen LogP contribution in [0.1, 0.15) is 25.7 Å². The molecule has 0 fully saturated rings. The summed E-state index contributed by atoms with van der Waals surface area (Å²) in [5.74, 6) is 0. The molecule has 0 bridgehead atoms. The molecule has 2 nitrogen and oxygen atoms in total. The molecule has 3 heteroatoms. The van der Waals surface area contributed by atoms with E-state index in [9.17, 15) is 0 Å². The lowest BCUT2D eigenvalue weighted by molar-refractivity contribution is 0.276. The number of allylic oxidation sites excluding steroid dienone is 1. The maximum atomic E-state index is 5.20. The summed E-state index contributed by atoms with van der Waals surface area (Å²) in [4.78, 5) is 0. The van der Waals surface area contributed by atoms with Crippen molar-refractivity contribution in [1.29, 1.82) is 0 Å². The minimum absolute atomic E-state index is 1.13. The third-order valence-corrected chi connectivity index (χ3v) is 3.81. The second-order valence-corrected chi connectivity index (χ2v) is 5.21. The molecule has 0 amide bonds. The van der Waals surface area contributed by atoms with Crippen molar-refractivity contribution in [2.24, 2.45) is 0 Å². The minimum Gasteiger partial charge on any atom is -0.400 e. The Morgan fingerprint density at radius 2 is 1.83 bits per heavy atom. The fraction of sp³-hybridized carbons (Fsp3) is 0.778. The molecule has 12 heavy (non-hydrogen) atoms. The first kappa shape index (κ1) is 11.9. The molecule has 0 aromatic rings. The highest BCUT2D eigenvalue weighted by Crippen LogP contribution is 2.07. The van der Waals surface area contributed by atoms with Gasteiger partial charge in [0.15, 0.2) is 0 Å². The average molecular weight is 188 g/mol. The van der Waals surface area contributed by atoms with Gasteiger partial charge in [-0.1, -0.05) is 18.9 Å². The summed E-state index contributed by atoms with van der Waals surface area (Å²) < 4.78 is 10.4. The third kappa shape index (κ3) is 6.58. The van der Waals surface area contributed by atoms with Crippen LogP contribution in [0.4, 0.5) is 0 Å². The van der Waals surface area contributed by atoms with E-state index in [1.807, 2.05) is 6.08 Å². The molecule has 0 aromatic carbocycles. The molecule has 0 saturated carbocycles. The number of rotatable bonds is 8. The lowest BCUT2D eigenvalue weighted by Crippen LogP contribution is -2.18. The molecule has 0 aromatic heterocycles. The summed E-state index contributed by atoms with van der Waals surface area (Å²) in [6.07, 6.45) is 6.85. The van der Waals surface area contributed by atoms with Crippen molar-refractivity contribution in [3.05, 3.63) is 12.7 Å². The highest BCUT2D eigenvalue weighted by Gasteiger charge is 2.07. The number of unbranched alkanes of at least 4 members (excludes halogenated alkanes) is 3. The molecule has 0 unspecified atom stereocenters. The van der Waals surface area contributed by atoms with Crippen LogP contribution in [0.2, 0.25) is 6.04 Å². The Labute approximate surface area is 77.4 Å². The van der Waals surface area contributed by atoms with E-state index in [1.165, 1.54) is 19.3 Å². The van der Waals surface area contributed by atoms with E-state index in [0.29, 0.717) is 0 Å². The smallest absolute Gasteiger partial charge is 0.320 e. The summed E-state index contributed by atoms with van der Waals surface area (Å²) in [7, 11) is 2.21. The van der Waals surface area contributed by atoms with Crippen molar-refractivity contribution in [2.75, 3.05) is 14.2 Å². The van der Waals surface area contributed by atoms with E-state index in [2.05, 4.69) is 6.58 Å². The fourth-order valence-electron chi connectivity index (χ4n) is 1.11. The molecule has 0 saturated heterocycles. The largest absolute Gasteiger partial charge is 0.400 e. The maximum Gasteiger partial charge on any atom is 0.320 e. The predicted molar refractivity (Wildman–Crippen MR) is 54.6 cm³/mol. The molecule has 0 N–H and O–H groups in total. The summed E-state index contributed by atoms with van der Waals surface area (Å²) in [6.45, 7) is 3.69. The van der Waals surface area contributed by atoms with Gasteiger partial charge in [-0.2, -0.15) is 0 Å². The molecule has 0 aliphatic carbocycles. The molecule has 0 rings (SSSR count). The van der Waals surface area contributed by atoms with Crippen LogP contribution in [-0.2, 0) is 8.85 Å².